The smallest absolute Gasteiger partial charge is 0.220 e. The van der Waals surface area contributed by atoms with Crippen molar-refractivity contribution in [2.24, 2.45) is 5.92 Å². The van der Waals surface area contributed by atoms with Gasteiger partial charge in [-0.2, -0.15) is 0 Å². The van der Waals surface area contributed by atoms with Gasteiger partial charge in [-0.15, -0.1) is 0 Å². The molecule has 2 N–H and O–H groups in total. The molecule has 0 radical (unpaired) electrons. The van der Waals surface area contributed by atoms with Gasteiger partial charge in [0.2, 0.25) is 5.91 Å². The third-order valence-corrected chi connectivity index (χ3v) is 4.29. The van der Waals surface area contributed by atoms with E-state index in [0.717, 1.165) is 25.9 Å². The van der Waals surface area contributed by atoms with Crippen LogP contribution in [0.2, 0.25) is 0 Å². The molecule has 1 fully saturated rings. The Hall–Kier alpha value is -1.82. The molecule has 2 atom stereocenters. The lowest BCUT2D eigenvalue weighted by molar-refractivity contribution is -0.122. The fourth-order valence-electron chi connectivity index (χ4n) is 2.89. The first-order valence-electron chi connectivity index (χ1n) is 7.96. The number of nitrogens with one attached hydrogen (secondary N) is 2. The summed E-state index contributed by atoms with van der Waals surface area (Å²) >= 11 is 0. The molecule has 1 aliphatic rings. The monoisotopic (exact) mass is 324 g/mol. The number of benzene rings is 1. The van der Waals surface area contributed by atoms with Gasteiger partial charge in [0.25, 0.3) is 0 Å². The summed E-state index contributed by atoms with van der Waals surface area (Å²) in [7, 11) is 2.96. The van der Waals surface area contributed by atoms with Gasteiger partial charge in [-0.25, -0.2) is 4.39 Å². The van der Waals surface area contributed by atoms with Gasteiger partial charge >= 0.3 is 0 Å². The molecule has 1 aliphatic heterocycles. The Kier molecular flexibility index (Phi) is 6.21. The van der Waals surface area contributed by atoms with Crippen LogP contribution in [0, 0.1) is 11.7 Å². The summed E-state index contributed by atoms with van der Waals surface area (Å²) in [6.45, 7) is 3.77. The minimum atomic E-state index is -0.427. The van der Waals surface area contributed by atoms with Crippen molar-refractivity contribution in [3.63, 3.8) is 0 Å². The Balaban J connectivity index is 1.96. The van der Waals surface area contributed by atoms with Crippen LogP contribution in [-0.4, -0.2) is 33.2 Å². The summed E-state index contributed by atoms with van der Waals surface area (Å²) in [5, 5.41) is 6.14. The first-order chi connectivity index (χ1) is 11.0. The summed E-state index contributed by atoms with van der Waals surface area (Å²) in [5.41, 5.74) is 0.388. The number of amides is 1. The molecule has 23 heavy (non-hydrogen) atoms. The highest BCUT2D eigenvalue weighted by Crippen LogP contribution is 2.32. The van der Waals surface area contributed by atoms with Crippen molar-refractivity contribution < 1.29 is 18.7 Å². The molecule has 0 aromatic heterocycles. The van der Waals surface area contributed by atoms with E-state index in [9.17, 15) is 9.18 Å². The second kappa shape index (κ2) is 8.15. The van der Waals surface area contributed by atoms with Gasteiger partial charge in [-0.1, -0.05) is 0 Å². The number of carbonyl (C=O) groups is 1. The minimum absolute atomic E-state index is 0.0569. The summed E-state index contributed by atoms with van der Waals surface area (Å²) in [6.07, 6.45) is 2.44. The van der Waals surface area contributed by atoms with Crippen LogP contribution in [0.15, 0.2) is 12.1 Å². The van der Waals surface area contributed by atoms with Crippen LogP contribution in [0.4, 0.5) is 4.39 Å². The fourth-order valence-corrected chi connectivity index (χ4v) is 2.89. The number of halogens is 1. The highest BCUT2D eigenvalue weighted by atomic mass is 19.1. The first kappa shape index (κ1) is 17.5. The maximum Gasteiger partial charge on any atom is 0.220 e. The number of rotatable bonds is 7. The Morgan fingerprint density at radius 1 is 1.39 bits per heavy atom. The van der Waals surface area contributed by atoms with Crippen LogP contribution in [0.25, 0.3) is 0 Å². The largest absolute Gasteiger partial charge is 0.493 e. The number of carbonyl (C=O) groups excluding carboxylic acids is 1. The standard InChI is InChI=1S/C17H25FN2O3/c1-11(20-17(21)5-4-12-6-7-19-10-12)13-8-15(22-2)16(23-3)9-14(13)18/h8-9,11-12,19H,4-7,10H2,1-3H3,(H,20,21). The molecule has 1 aromatic carbocycles. The first-order valence-corrected chi connectivity index (χ1v) is 7.96. The van der Waals surface area contributed by atoms with Crippen molar-refractivity contribution in [2.75, 3.05) is 27.3 Å². The van der Waals surface area contributed by atoms with E-state index < -0.39 is 11.9 Å². The highest BCUT2D eigenvalue weighted by Gasteiger charge is 2.19. The normalized spacial score (nSPS) is 18.5. The van der Waals surface area contributed by atoms with Gasteiger partial charge < -0.3 is 20.1 Å². The van der Waals surface area contributed by atoms with Crippen LogP contribution in [0.1, 0.15) is 37.8 Å². The topological polar surface area (TPSA) is 59.6 Å². The molecule has 0 bridgehead atoms. The van der Waals surface area contributed by atoms with E-state index >= 15 is 0 Å². The van der Waals surface area contributed by atoms with Crippen molar-refractivity contribution >= 4 is 5.91 Å². The molecule has 6 heteroatoms. The van der Waals surface area contributed by atoms with E-state index in [1.165, 1.54) is 20.3 Å². The van der Waals surface area contributed by atoms with Crippen molar-refractivity contribution in [1.29, 1.82) is 0 Å². The maximum atomic E-state index is 14.2. The van der Waals surface area contributed by atoms with E-state index in [1.54, 1.807) is 13.0 Å². The van der Waals surface area contributed by atoms with Crippen molar-refractivity contribution in [3.05, 3.63) is 23.5 Å². The minimum Gasteiger partial charge on any atom is -0.493 e. The molecule has 1 heterocycles. The van der Waals surface area contributed by atoms with Gasteiger partial charge in [0.05, 0.1) is 20.3 Å². The number of hydrogen-bond donors (Lipinski definition) is 2. The molecule has 0 spiro atoms. The Bertz CT molecular complexity index is 545. The van der Waals surface area contributed by atoms with Gasteiger partial charge in [-0.05, 0) is 44.8 Å². The Morgan fingerprint density at radius 2 is 2.09 bits per heavy atom. The van der Waals surface area contributed by atoms with Crippen LogP contribution in [0.3, 0.4) is 0 Å². The average Bonchev–Trinajstić information content (AvgIpc) is 3.05. The van der Waals surface area contributed by atoms with Gasteiger partial charge in [0.1, 0.15) is 5.82 Å². The van der Waals surface area contributed by atoms with Crippen LogP contribution < -0.4 is 20.1 Å². The van der Waals surface area contributed by atoms with Gasteiger partial charge in [0.15, 0.2) is 11.5 Å². The summed E-state index contributed by atoms with van der Waals surface area (Å²) in [6, 6.07) is 2.42. The lowest BCUT2D eigenvalue weighted by Gasteiger charge is -2.18. The van der Waals surface area contributed by atoms with E-state index in [1.807, 2.05) is 0 Å². The molecule has 1 saturated heterocycles. The summed E-state index contributed by atoms with van der Waals surface area (Å²) in [4.78, 5) is 12.1. The molecule has 1 aromatic rings. The average molecular weight is 324 g/mol. The molecule has 0 aliphatic carbocycles. The third-order valence-electron chi connectivity index (χ3n) is 4.29. The lowest BCUT2D eigenvalue weighted by atomic mass is 10.0. The highest BCUT2D eigenvalue weighted by molar-refractivity contribution is 5.76. The fraction of sp³-hybridized carbons (Fsp3) is 0.588. The van der Waals surface area contributed by atoms with Crippen LogP contribution >= 0.6 is 0 Å². The van der Waals surface area contributed by atoms with Crippen molar-refractivity contribution in [2.45, 2.75) is 32.2 Å². The molecule has 1 amide bonds. The number of hydrogen-bond acceptors (Lipinski definition) is 4. The second-order valence-corrected chi connectivity index (χ2v) is 5.92. The Labute approximate surface area is 136 Å². The third kappa shape index (κ3) is 4.58. The quantitative estimate of drug-likeness (QED) is 0.809. The van der Waals surface area contributed by atoms with Crippen LogP contribution in [-0.2, 0) is 4.79 Å². The summed E-state index contributed by atoms with van der Waals surface area (Å²) in [5.74, 6) is 0.867. The molecule has 2 unspecified atom stereocenters. The lowest BCUT2D eigenvalue weighted by Crippen LogP contribution is -2.27. The predicted molar refractivity (Wildman–Crippen MR) is 86.3 cm³/mol. The van der Waals surface area contributed by atoms with Crippen LogP contribution in [0.5, 0.6) is 11.5 Å². The number of methoxy groups -OCH3 is 2. The molecule has 0 saturated carbocycles. The van der Waals surface area contributed by atoms with E-state index in [4.69, 9.17) is 9.47 Å². The molecular formula is C17H25FN2O3. The van der Waals surface area contributed by atoms with E-state index in [0.29, 0.717) is 29.4 Å². The van der Waals surface area contributed by atoms with E-state index in [-0.39, 0.29) is 5.91 Å². The van der Waals surface area contributed by atoms with E-state index in [2.05, 4.69) is 10.6 Å². The maximum absolute atomic E-state index is 14.2. The zero-order valence-electron chi connectivity index (χ0n) is 13.9. The molecule has 5 nitrogen and oxygen atoms in total. The zero-order valence-corrected chi connectivity index (χ0v) is 13.9. The van der Waals surface area contributed by atoms with Gasteiger partial charge in [-0.3, -0.25) is 4.79 Å². The Morgan fingerprint density at radius 3 is 2.70 bits per heavy atom. The number of ether oxygens (including phenoxy) is 2. The predicted octanol–water partition coefficient (Wildman–Crippen LogP) is 2.41. The molecular weight excluding hydrogens is 299 g/mol. The van der Waals surface area contributed by atoms with Gasteiger partial charge in [0, 0.05) is 18.1 Å². The van der Waals surface area contributed by atoms with Crippen molar-refractivity contribution in [3.8, 4) is 11.5 Å². The SMILES string of the molecule is COc1cc(F)c(C(C)NC(=O)CCC2CCNC2)cc1OC. The summed E-state index contributed by atoms with van der Waals surface area (Å²) < 4.78 is 24.5. The molecule has 128 valence electrons. The molecule has 2 rings (SSSR count). The zero-order chi connectivity index (χ0) is 16.8. The second-order valence-electron chi connectivity index (χ2n) is 5.92. The van der Waals surface area contributed by atoms with Crippen molar-refractivity contribution in [1.82, 2.24) is 10.6 Å².